The van der Waals surface area contributed by atoms with Crippen LogP contribution in [0.25, 0.3) is 6.08 Å². The van der Waals surface area contributed by atoms with Crippen molar-refractivity contribution in [3.05, 3.63) is 71.8 Å². The average Bonchev–Trinajstić information content (AvgIpc) is 2.68. The largest absolute Gasteiger partial charge is 0.463 e. The van der Waals surface area contributed by atoms with Gasteiger partial charge in [-0.2, -0.15) is 0 Å². The first-order valence-electron chi connectivity index (χ1n) is 8.64. The Labute approximate surface area is 163 Å². The number of carbonyl (C=O) groups is 2. The molecule has 2 aromatic rings. The van der Waals surface area contributed by atoms with E-state index in [9.17, 15) is 14.7 Å². The smallest absolute Gasteiger partial charge is 0.330 e. The first-order valence-corrected chi connectivity index (χ1v) is 9.79. The maximum atomic E-state index is 12.0. The number of esters is 1. The second-order valence-corrected chi connectivity index (χ2v) is 6.73. The number of ether oxygens (including phenoxy) is 1. The summed E-state index contributed by atoms with van der Waals surface area (Å²) in [5, 5.41) is 12.9. The molecule has 5 nitrogen and oxygen atoms in total. The summed E-state index contributed by atoms with van der Waals surface area (Å²) in [5.74, 6) is 0.198. The van der Waals surface area contributed by atoms with Crippen LogP contribution < -0.4 is 5.32 Å². The van der Waals surface area contributed by atoms with Gasteiger partial charge in [-0.3, -0.25) is 4.79 Å². The van der Waals surface area contributed by atoms with Crippen molar-refractivity contribution < 1.29 is 19.4 Å². The molecule has 0 saturated heterocycles. The molecule has 0 aliphatic heterocycles. The monoisotopic (exact) mass is 385 g/mol. The number of nitrogens with one attached hydrogen (secondary N) is 1. The van der Waals surface area contributed by atoms with Crippen molar-refractivity contribution in [2.24, 2.45) is 0 Å². The highest BCUT2D eigenvalue weighted by atomic mass is 32.2. The second-order valence-electron chi connectivity index (χ2n) is 5.70. The minimum Gasteiger partial charge on any atom is -0.463 e. The van der Waals surface area contributed by atoms with Crippen molar-refractivity contribution in [1.82, 2.24) is 0 Å². The molecular weight excluding hydrogens is 362 g/mol. The van der Waals surface area contributed by atoms with E-state index in [-0.39, 0.29) is 17.6 Å². The normalized spacial score (nSPS) is 11.9. The van der Waals surface area contributed by atoms with Gasteiger partial charge in [-0.15, -0.1) is 11.8 Å². The fourth-order valence-corrected chi connectivity index (χ4v) is 3.06. The third-order valence-corrected chi connectivity index (χ3v) is 4.60. The fraction of sp³-hybridized carbons (Fsp3) is 0.238. The number of amides is 1. The van der Waals surface area contributed by atoms with Gasteiger partial charge in [-0.1, -0.05) is 42.5 Å². The lowest BCUT2D eigenvalue weighted by molar-refractivity contribution is -0.137. The Bertz CT molecular complexity index is 760. The van der Waals surface area contributed by atoms with E-state index < -0.39 is 6.10 Å². The van der Waals surface area contributed by atoms with Crippen LogP contribution in [-0.2, 0) is 14.3 Å². The third-order valence-electron chi connectivity index (χ3n) is 3.59. The molecule has 2 N–H and O–H groups in total. The molecule has 0 aliphatic carbocycles. The molecule has 0 saturated carbocycles. The second kappa shape index (κ2) is 11.2. The van der Waals surface area contributed by atoms with Crippen molar-refractivity contribution in [1.29, 1.82) is 0 Å². The molecule has 0 fully saturated rings. The topological polar surface area (TPSA) is 75.6 Å². The number of aliphatic hydroxyl groups is 1. The summed E-state index contributed by atoms with van der Waals surface area (Å²) >= 11 is 1.38. The van der Waals surface area contributed by atoms with Crippen LogP contribution in [0.1, 0.15) is 24.2 Å². The predicted octanol–water partition coefficient (Wildman–Crippen LogP) is 3.67. The van der Waals surface area contributed by atoms with Crippen molar-refractivity contribution in [2.75, 3.05) is 23.4 Å². The van der Waals surface area contributed by atoms with Crippen LogP contribution in [0, 0.1) is 0 Å². The number of hydrogen-bond donors (Lipinski definition) is 2. The van der Waals surface area contributed by atoms with Gasteiger partial charge in [0.15, 0.2) is 0 Å². The lowest BCUT2D eigenvalue weighted by Gasteiger charge is -2.10. The van der Waals surface area contributed by atoms with Crippen LogP contribution in [0.5, 0.6) is 0 Å². The molecule has 142 valence electrons. The van der Waals surface area contributed by atoms with Crippen LogP contribution in [-0.4, -0.2) is 35.1 Å². The van der Waals surface area contributed by atoms with Crippen LogP contribution >= 0.6 is 11.8 Å². The van der Waals surface area contributed by atoms with E-state index in [1.165, 1.54) is 17.8 Å². The van der Waals surface area contributed by atoms with E-state index in [1.807, 2.05) is 30.3 Å². The number of anilines is 1. The van der Waals surface area contributed by atoms with Crippen LogP contribution in [0.4, 0.5) is 5.69 Å². The SMILES string of the molecule is CCOC(=O)/C=C/c1ccc(NC(=O)CSCC(O)c2ccccc2)cc1. The van der Waals surface area contributed by atoms with Gasteiger partial charge in [0.05, 0.1) is 18.5 Å². The zero-order valence-electron chi connectivity index (χ0n) is 15.1. The molecular formula is C21H23NO4S. The fourth-order valence-electron chi connectivity index (χ4n) is 2.26. The summed E-state index contributed by atoms with van der Waals surface area (Å²) < 4.78 is 4.82. The van der Waals surface area contributed by atoms with Crippen molar-refractivity contribution in [3.8, 4) is 0 Å². The lowest BCUT2D eigenvalue weighted by Crippen LogP contribution is -2.15. The Morgan fingerprint density at radius 1 is 1.15 bits per heavy atom. The molecule has 2 aromatic carbocycles. The van der Waals surface area contributed by atoms with Gasteiger partial charge in [-0.05, 0) is 36.3 Å². The maximum absolute atomic E-state index is 12.0. The molecule has 6 heteroatoms. The van der Waals surface area contributed by atoms with Gasteiger partial charge < -0.3 is 15.2 Å². The number of rotatable bonds is 9. The summed E-state index contributed by atoms with van der Waals surface area (Å²) in [7, 11) is 0. The predicted molar refractivity (Wildman–Crippen MR) is 109 cm³/mol. The third kappa shape index (κ3) is 7.68. The molecule has 0 radical (unpaired) electrons. The average molecular weight is 385 g/mol. The number of aliphatic hydroxyl groups excluding tert-OH is 1. The van der Waals surface area contributed by atoms with Crippen molar-refractivity contribution in [3.63, 3.8) is 0 Å². The highest BCUT2D eigenvalue weighted by molar-refractivity contribution is 7.99. The molecule has 0 aliphatic rings. The number of carbonyl (C=O) groups excluding carboxylic acids is 2. The van der Waals surface area contributed by atoms with Crippen LogP contribution in [0.15, 0.2) is 60.7 Å². The molecule has 27 heavy (non-hydrogen) atoms. The van der Waals surface area contributed by atoms with Crippen LogP contribution in [0.3, 0.4) is 0 Å². The molecule has 0 bridgehead atoms. The minimum absolute atomic E-state index is 0.130. The molecule has 1 unspecified atom stereocenters. The zero-order chi connectivity index (χ0) is 19.5. The quantitative estimate of drug-likeness (QED) is 0.509. The van der Waals surface area contributed by atoms with E-state index in [4.69, 9.17) is 4.74 Å². The highest BCUT2D eigenvalue weighted by Crippen LogP contribution is 2.18. The van der Waals surface area contributed by atoms with Crippen molar-refractivity contribution >= 4 is 35.4 Å². The summed E-state index contributed by atoms with van der Waals surface area (Å²) in [4.78, 5) is 23.3. The van der Waals surface area contributed by atoms with E-state index in [1.54, 1.807) is 37.3 Å². The Hall–Kier alpha value is -2.57. The summed E-state index contributed by atoms with van der Waals surface area (Å²) in [6.45, 7) is 2.10. The number of hydrogen-bond acceptors (Lipinski definition) is 5. The molecule has 0 heterocycles. The summed E-state index contributed by atoms with van der Waals surface area (Å²) in [6.07, 6.45) is 2.44. The molecule has 1 amide bonds. The van der Waals surface area contributed by atoms with E-state index in [2.05, 4.69) is 5.32 Å². The first-order chi connectivity index (χ1) is 13.1. The number of benzene rings is 2. The molecule has 2 rings (SSSR count). The Morgan fingerprint density at radius 3 is 2.52 bits per heavy atom. The van der Waals surface area contributed by atoms with Gasteiger partial charge >= 0.3 is 5.97 Å². The minimum atomic E-state index is -0.588. The molecule has 0 spiro atoms. The highest BCUT2D eigenvalue weighted by Gasteiger charge is 2.09. The maximum Gasteiger partial charge on any atom is 0.330 e. The number of thioether (sulfide) groups is 1. The van der Waals surface area contributed by atoms with Gasteiger partial charge in [0.2, 0.25) is 5.91 Å². The molecule has 0 aromatic heterocycles. The van der Waals surface area contributed by atoms with Crippen LogP contribution in [0.2, 0.25) is 0 Å². The molecule has 1 atom stereocenters. The van der Waals surface area contributed by atoms with Gasteiger partial charge in [0, 0.05) is 17.5 Å². The summed E-state index contributed by atoms with van der Waals surface area (Å²) in [6, 6.07) is 16.5. The van der Waals surface area contributed by atoms with Crippen molar-refractivity contribution in [2.45, 2.75) is 13.0 Å². The van der Waals surface area contributed by atoms with E-state index >= 15 is 0 Å². The van der Waals surface area contributed by atoms with Gasteiger partial charge in [0.1, 0.15) is 0 Å². The Morgan fingerprint density at radius 2 is 1.85 bits per heavy atom. The zero-order valence-corrected chi connectivity index (χ0v) is 15.9. The first kappa shape index (κ1) is 20.7. The van der Waals surface area contributed by atoms with E-state index in [0.717, 1.165) is 11.1 Å². The van der Waals surface area contributed by atoms with E-state index in [0.29, 0.717) is 18.0 Å². The Kier molecular flexibility index (Phi) is 8.61. The Balaban J connectivity index is 1.74. The van der Waals surface area contributed by atoms with Gasteiger partial charge in [0.25, 0.3) is 0 Å². The lowest BCUT2D eigenvalue weighted by atomic mass is 10.1. The standard InChI is InChI=1S/C21H23NO4S/c1-2-26-21(25)13-10-16-8-11-18(12-9-16)22-20(24)15-27-14-19(23)17-6-4-3-5-7-17/h3-13,19,23H,2,14-15H2,1H3,(H,22,24)/b13-10+. The summed E-state index contributed by atoms with van der Waals surface area (Å²) in [5.41, 5.74) is 2.36. The van der Waals surface area contributed by atoms with Gasteiger partial charge in [-0.25, -0.2) is 4.79 Å².